The van der Waals surface area contributed by atoms with E-state index in [9.17, 15) is 18.0 Å². The zero-order valence-electron chi connectivity index (χ0n) is 12.6. The Morgan fingerprint density at radius 1 is 1.12 bits per heavy atom. The van der Waals surface area contributed by atoms with Crippen LogP contribution in [0.2, 0.25) is 10.0 Å². The molecule has 2 heterocycles. The van der Waals surface area contributed by atoms with E-state index >= 15 is 0 Å². The molecule has 3 aromatic rings. The molecule has 0 aliphatic heterocycles. The summed E-state index contributed by atoms with van der Waals surface area (Å²) < 4.78 is 41.2. The zero-order valence-corrected chi connectivity index (χ0v) is 16.5. The summed E-state index contributed by atoms with van der Waals surface area (Å²) in [6.07, 6.45) is -2.64. The number of carbonyl (C=O) groups is 1. The van der Waals surface area contributed by atoms with Crippen molar-refractivity contribution in [1.82, 2.24) is 4.98 Å². The monoisotopic (exact) mass is 479 g/mol. The van der Waals surface area contributed by atoms with Crippen molar-refractivity contribution >= 4 is 72.0 Å². The van der Waals surface area contributed by atoms with Crippen molar-refractivity contribution < 1.29 is 18.0 Å². The fourth-order valence-electron chi connectivity index (χ4n) is 2.27. The molecule has 0 fully saturated rings. The molecule has 26 heavy (non-hydrogen) atoms. The Morgan fingerprint density at radius 2 is 1.77 bits per heavy atom. The van der Waals surface area contributed by atoms with Gasteiger partial charge >= 0.3 is 6.18 Å². The average molecular weight is 481 g/mol. The quantitative estimate of drug-likeness (QED) is 0.293. The molecule has 2 aromatic heterocycles. The van der Waals surface area contributed by atoms with Gasteiger partial charge < -0.3 is 0 Å². The van der Waals surface area contributed by atoms with Gasteiger partial charge in [-0.25, -0.2) is 4.98 Å². The van der Waals surface area contributed by atoms with Crippen LogP contribution in [0.15, 0.2) is 47.1 Å². The summed E-state index contributed by atoms with van der Waals surface area (Å²) in [5.74, 6) is -0.771. The number of alkyl halides is 3. The summed E-state index contributed by atoms with van der Waals surface area (Å²) in [5, 5.41) is 0.762. The number of thiophene rings is 1. The van der Waals surface area contributed by atoms with Crippen LogP contribution < -0.4 is 0 Å². The molecule has 0 aliphatic carbocycles. The van der Waals surface area contributed by atoms with Crippen molar-refractivity contribution in [1.29, 1.82) is 0 Å². The molecule has 1 aromatic carbocycles. The summed E-state index contributed by atoms with van der Waals surface area (Å²) >= 11 is 15.9. The smallest absolute Gasteiger partial charge is 0.288 e. The second kappa shape index (κ2) is 7.31. The molecule has 134 valence electrons. The summed E-state index contributed by atoms with van der Waals surface area (Å²) in [6, 6.07) is 6.79. The van der Waals surface area contributed by atoms with E-state index in [-0.39, 0.29) is 20.5 Å². The normalized spacial score (nSPS) is 12.6. The van der Waals surface area contributed by atoms with Crippen LogP contribution in [0.4, 0.5) is 13.2 Å². The van der Waals surface area contributed by atoms with Gasteiger partial charge in [0.2, 0.25) is 0 Å². The van der Waals surface area contributed by atoms with E-state index in [0.717, 1.165) is 23.5 Å². The number of hydrogen-bond donors (Lipinski definition) is 0. The van der Waals surface area contributed by atoms with Crippen LogP contribution in [-0.2, 0) is 0 Å². The van der Waals surface area contributed by atoms with E-state index in [4.69, 9.17) is 23.2 Å². The number of ketones is 1. The molecule has 9 heteroatoms. The van der Waals surface area contributed by atoms with Gasteiger partial charge in [0.1, 0.15) is 4.83 Å². The number of allylic oxidation sites excluding steroid dienone is 2. The largest absolute Gasteiger partial charge is 0.417 e. The highest BCUT2D eigenvalue weighted by atomic mass is 79.9. The number of carbonyl (C=O) groups excluding carboxylic acids is 1. The maximum Gasteiger partial charge on any atom is 0.417 e. The molecule has 0 saturated heterocycles. The SMILES string of the molecule is O=C(/C=C(/c1cc(Cl)cc(Cl)c1)C(F)(F)F)c1cc2cc(Br)cnc2s1. The number of rotatable bonds is 3. The molecule has 0 aliphatic rings. The van der Waals surface area contributed by atoms with Crippen LogP contribution in [-0.4, -0.2) is 16.9 Å². The molecule has 0 atom stereocenters. The highest BCUT2D eigenvalue weighted by molar-refractivity contribution is 9.10. The Hall–Kier alpha value is -1.41. The first kappa shape index (κ1) is 19.4. The Labute approximate surface area is 168 Å². The van der Waals surface area contributed by atoms with Gasteiger partial charge in [0.05, 0.1) is 10.5 Å². The minimum Gasteiger partial charge on any atom is -0.288 e. The molecule has 0 bridgehead atoms. The maximum absolute atomic E-state index is 13.5. The van der Waals surface area contributed by atoms with E-state index in [0.29, 0.717) is 20.8 Å². The van der Waals surface area contributed by atoms with Crippen molar-refractivity contribution in [2.75, 3.05) is 0 Å². The highest BCUT2D eigenvalue weighted by Gasteiger charge is 2.36. The van der Waals surface area contributed by atoms with E-state index in [1.165, 1.54) is 12.1 Å². The molecular formula is C17H7BrCl2F3NOS. The molecule has 0 N–H and O–H groups in total. The van der Waals surface area contributed by atoms with Gasteiger partial charge in [0, 0.05) is 26.1 Å². The van der Waals surface area contributed by atoms with Crippen molar-refractivity contribution in [2.45, 2.75) is 6.18 Å². The summed E-state index contributed by atoms with van der Waals surface area (Å²) in [6.45, 7) is 0. The van der Waals surface area contributed by atoms with E-state index < -0.39 is 17.5 Å². The first-order valence-electron chi connectivity index (χ1n) is 6.98. The van der Waals surface area contributed by atoms with Gasteiger partial charge in [0.25, 0.3) is 0 Å². The van der Waals surface area contributed by atoms with Gasteiger partial charge in [-0.05, 0) is 57.9 Å². The maximum atomic E-state index is 13.5. The van der Waals surface area contributed by atoms with Gasteiger partial charge in [-0.2, -0.15) is 13.2 Å². The lowest BCUT2D eigenvalue weighted by molar-refractivity contribution is -0.0689. The number of nitrogens with zero attached hydrogens (tertiary/aromatic N) is 1. The summed E-state index contributed by atoms with van der Waals surface area (Å²) in [5.41, 5.74) is -1.39. The van der Waals surface area contributed by atoms with Gasteiger partial charge in [-0.3, -0.25) is 4.79 Å². The predicted octanol–water partition coefficient (Wildman–Crippen LogP) is 7.19. The second-order valence-electron chi connectivity index (χ2n) is 5.24. The number of aromatic nitrogens is 1. The van der Waals surface area contributed by atoms with Crippen LogP contribution in [0.1, 0.15) is 15.2 Å². The Morgan fingerprint density at radius 3 is 2.38 bits per heavy atom. The molecule has 3 rings (SSSR count). The number of benzene rings is 1. The first-order valence-corrected chi connectivity index (χ1v) is 9.35. The minimum atomic E-state index is -4.75. The van der Waals surface area contributed by atoms with Crippen LogP contribution in [0.5, 0.6) is 0 Å². The molecule has 0 radical (unpaired) electrons. The summed E-state index contributed by atoms with van der Waals surface area (Å²) in [4.78, 5) is 17.3. The molecule has 0 saturated carbocycles. The van der Waals surface area contributed by atoms with E-state index in [1.807, 2.05) is 0 Å². The van der Waals surface area contributed by atoms with Crippen molar-refractivity contribution in [2.24, 2.45) is 0 Å². The third kappa shape index (κ3) is 4.28. The predicted molar refractivity (Wildman–Crippen MR) is 102 cm³/mol. The second-order valence-corrected chi connectivity index (χ2v) is 8.06. The molecule has 0 amide bonds. The lowest BCUT2D eigenvalue weighted by Crippen LogP contribution is -2.12. The first-order chi connectivity index (χ1) is 12.1. The number of pyridine rings is 1. The van der Waals surface area contributed by atoms with Gasteiger partial charge in [-0.1, -0.05) is 23.2 Å². The lowest BCUT2D eigenvalue weighted by Gasteiger charge is -2.12. The van der Waals surface area contributed by atoms with E-state index in [2.05, 4.69) is 20.9 Å². The molecule has 2 nitrogen and oxygen atoms in total. The fourth-order valence-corrected chi connectivity index (χ4v) is 4.04. The Bertz CT molecular complexity index is 1030. The third-order valence-corrected chi connectivity index (χ3v) is 5.28. The van der Waals surface area contributed by atoms with Crippen molar-refractivity contribution in [3.63, 3.8) is 0 Å². The number of halogens is 6. The van der Waals surface area contributed by atoms with Crippen LogP contribution in [0.25, 0.3) is 15.8 Å². The number of fused-ring (bicyclic) bond motifs is 1. The lowest BCUT2D eigenvalue weighted by atomic mass is 10.0. The van der Waals surface area contributed by atoms with Crippen molar-refractivity contribution in [3.05, 3.63) is 67.6 Å². The van der Waals surface area contributed by atoms with E-state index in [1.54, 1.807) is 12.3 Å². The third-order valence-electron chi connectivity index (χ3n) is 3.34. The standard InChI is InChI=1S/C17H7BrCl2F3NOS/c18-10-1-9-4-15(26-16(9)24-7-10)14(25)6-13(17(21,22)23)8-2-11(19)5-12(20)3-8/h1-7H/b13-6-. The van der Waals surface area contributed by atoms with Crippen molar-refractivity contribution in [3.8, 4) is 0 Å². The Kier molecular flexibility index (Phi) is 5.44. The summed E-state index contributed by atoms with van der Waals surface area (Å²) in [7, 11) is 0. The van der Waals surface area contributed by atoms with Crippen LogP contribution >= 0.6 is 50.5 Å². The van der Waals surface area contributed by atoms with Crippen LogP contribution in [0.3, 0.4) is 0 Å². The molecule has 0 spiro atoms. The van der Waals surface area contributed by atoms with Crippen LogP contribution in [0, 0.1) is 0 Å². The molecule has 0 unspecified atom stereocenters. The topological polar surface area (TPSA) is 30.0 Å². The highest BCUT2D eigenvalue weighted by Crippen LogP contribution is 2.37. The van der Waals surface area contributed by atoms with Gasteiger partial charge in [0.15, 0.2) is 5.78 Å². The Balaban J connectivity index is 2.07. The molecular weight excluding hydrogens is 474 g/mol. The fraction of sp³-hybridized carbons (Fsp3) is 0.0588. The minimum absolute atomic E-state index is 0.0472. The average Bonchev–Trinajstić information content (AvgIpc) is 2.93. The zero-order chi connectivity index (χ0) is 19.1. The number of hydrogen-bond acceptors (Lipinski definition) is 3. The van der Waals surface area contributed by atoms with Gasteiger partial charge in [-0.15, -0.1) is 11.3 Å².